The Hall–Kier alpha value is -3.50. The monoisotopic (exact) mass is 435 g/mol. The molecule has 6 rings (SSSR count). The minimum absolute atomic E-state index is 0.102. The van der Waals surface area contributed by atoms with Gasteiger partial charge in [-0.05, 0) is 26.2 Å². The van der Waals surface area contributed by atoms with Gasteiger partial charge in [0.25, 0.3) is 0 Å². The van der Waals surface area contributed by atoms with E-state index in [4.69, 9.17) is 9.72 Å². The first-order valence-electron chi connectivity index (χ1n) is 11.2. The van der Waals surface area contributed by atoms with Crippen molar-refractivity contribution >= 4 is 17.9 Å². The lowest BCUT2D eigenvalue weighted by molar-refractivity contribution is 0.181. The Labute approximate surface area is 185 Å². The fraction of sp³-hybridized carbons (Fsp3) is 0.524. The SMILES string of the molecule is CCC1c2nnc(C)n2-c2cnc(-n3ccnc3N3CCOC3=O)nc2N1C1CCCC1. The highest BCUT2D eigenvalue weighted by molar-refractivity contribution is 5.87. The molecule has 1 amide bonds. The van der Waals surface area contributed by atoms with E-state index in [-0.39, 0.29) is 6.04 Å². The lowest BCUT2D eigenvalue weighted by Crippen LogP contribution is -2.42. The average molecular weight is 435 g/mol. The summed E-state index contributed by atoms with van der Waals surface area (Å²) in [5, 5.41) is 8.88. The third-order valence-corrected chi connectivity index (χ3v) is 6.65. The number of imidazole rings is 1. The van der Waals surface area contributed by atoms with Crippen LogP contribution in [0.1, 0.15) is 56.7 Å². The van der Waals surface area contributed by atoms with Crippen LogP contribution in [0, 0.1) is 6.92 Å². The number of fused-ring (bicyclic) bond motifs is 3. The summed E-state index contributed by atoms with van der Waals surface area (Å²) >= 11 is 0. The molecule has 3 aromatic heterocycles. The second-order valence-electron chi connectivity index (χ2n) is 8.45. The maximum Gasteiger partial charge on any atom is 0.416 e. The van der Waals surface area contributed by atoms with Crippen molar-refractivity contribution in [3.05, 3.63) is 30.2 Å². The van der Waals surface area contributed by atoms with Gasteiger partial charge in [0.15, 0.2) is 11.6 Å². The van der Waals surface area contributed by atoms with Crippen LogP contribution in [0.2, 0.25) is 0 Å². The largest absolute Gasteiger partial charge is 0.447 e. The van der Waals surface area contributed by atoms with Gasteiger partial charge in [0.05, 0.1) is 18.8 Å². The summed E-state index contributed by atoms with van der Waals surface area (Å²) in [5.41, 5.74) is 0.894. The molecule has 3 aliphatic rings. The number of hydrogen-bond acceptors (Lipinski definition) is 8. The molecule has 1 atom stereocenters. The highest BCUT2D eigenvalue weighted by Crippen LogP contribution is 2.43. The van der Waals surface area contributed by atoms with E-state index in [1.807, 2.05) is 13.1 Å². The molecule has 166 valence electrons. The zero-order chi connectivity index (χ0) is 21.8. The van der Waals surface area contributed by atoms with Gasteiger partial charge < -0.3 is 9.64 Å². The predicted molar refractivity (Wildman–Crippen MR) is 115 cm³/mol. The second kappa shape index (κ2) is 7.28. The normalized spacial score (nSPS) is 20.6. The maximum absolute atomic E-state index is 12.1. The fourth-order valence-corrected chi connectivity index (χ4v) is 5.20. The predicted octanol–water partition coefficient (Wildman–Crippen LogP) is 2.72. The Bertz CT molecular complexity index is 1180. The zero-order valence-corrected chi connectivity index (χ0v) is 18.2. The summed E-state index contributed by atoms with van der Waals surface area (Å²) in [6.45, 7) is 4.94. The number of anilines is 2. The summed E-state index contributed by atoms with van der Waals surface area (Å²) in [5.74, 6) is 3.59. The summed E-state index contributed by atoms with van der Waals surface area (Å²) in [4.78, 5) is 30.1. The van der Waals surface area contributed by atoms with Gasteiger partial charge in [-0.25, -0.2) is 19.7 Å². The number of carbonyl (C=O) groups is 1. The molecule has 11 nitrogen and oxygen atoms in total. The van der Waals surface area contributed by atoms with Crippen LogP contribution in [-0.4, -0.2) is 59.6 Å². The molecule has 1 aliphatic carbocycles. The van der Waals surface area contributed by atoms with Gasteiger partial charge in [-0.15, -0.1) is 10.2 Å². The molecule has 0 spiro atoms. The number of ether oxygens (including phenoxy) is 1. The van der Waals surface area contributed by atoms with Crippen molar-refractivity contribution in [1.29, 1.82) is 0 Å². The first-order chi connectivity index (χ1) is 15.7. The number of aryl methyl sites for hydroxylation is 1. The smallest absolute Gasteiger partial charge is 0.416 e. The van der Waals surface area contributed by atoms with E-state index in [1.165, 1.54) is 17.7 Å². The van der Waals surface area contributed by atoms with E-state index in [1.54, 1.807) is 17.0 Å². The first kappa shape index (κ1) is 19.2. The number of carbonyl (C=O) groups excluding carboxylic acids is 1. The van der Waals surface area contributed by atoms with E-state index in [9.17, 15) is 4.79 Å². The zero-order valence-electron chi connectivity index (χ0n) is 18.2. The lowest BCUT2D eigenvalue weighted by Gasteiger charge is -2.41. The molecule has 1 saturated heterocycles. The van der Waals surface area contributed by atoms with Crippen LogP contribution in [0.25, 0.3) is 11.6 Å². The summed E-state index contributed by atoms with van der Waals surface area (Å²) < 4.78 is 8.91. The lowest BCUT2D eigenvalue weighted by atomic mass is 10.0. The molecule has 1 unspecified atom stereocenters. The van der Waals surface area contributed by atoms with Crippen LogP contribution in [0.3, 0.4) is 0 Å². The number of hydrogen-bond donors (Lipinski definition) is 0. The minimum Gasteiger partial charge on any atom is -0.447 e. The Morgan fingerprint density at radius 2 is 2.03 bits per heavy atom. The third-order valence-electron chi connectivity index (χ3n) is 6.65. The highest BCUT2D eigenvalue weighted by atomic mass is 16.6. The van der Waals surface area contributed by atoms with Gasteiger partial charge in [-0.1, -0.05) is 19.8 Å². The maximum atomic E-state index is 12.1. The Morgan fingerprint density at radius 1 is 1.19 bits per heavy atom. The van der Waals surface area contributed by atoms with Crippen molar-refractivity contribution in [1.82, 2.24) is 34.3 Å². The summed E-state index contributed by atoms with van der Waals surface area (Å²) in [6.07, 6.45) is 10.5. The molecule has 2 aliphatic heterocycles. The van der Waals surface area contributed by atoms with Gasteiger partial charge in [-0.3, -0.25) is 9.13 Å². The average Bonchev–Trinajstić information content (AvgIpc) is 3.60. The van der Waals surface area contributed by atoms with E-state index in [2.05, 4.69) is 36.6 Å². The van der Waals surface area contributed by atoms with Crippen molar-refractivity contribution in [3.63, 3.8) is 0 Å². The molecule has 0 radical (unpaired) electrons. The molecular formula is C21H25N9O2. The molecule has 3 aromatic rings. The number of aromatic nitrogens is 7. The Morgan fingerprint density at radius 3 is 2.78 bits per heavy atom. The quantitative estimate of drug-likeness (QED) is 0.616. The van der Waals surface area contributed by atoms with E-state index >= 15 is 0 Å². The van der Waals surface area contributed by atoms with Gasteiger partial charge in [0.2, 0.25) is 11.9 Å². The van der Waals surface area contributed by atoms with E-state index in [0.29, 0.717) is 31.1 Å². The molecule has 11 heteroatoms. The second-order valence-corrected chi connectivity index (χ2v) is 8.45. The van der Waals surface area contributed by atoms with Crippen LogP contribution in [0.4, 0.5) is 16.6 Å². The van der Waals surface area contributed by atoms with Crippen LogP contribution >= 0.6 is 0 Å². The summed E-state index contributed by atoms with van der Waals surface area (Å²) in [7, 11) is 0. The van der Waals surface area contributed by atoms with Crippen molar-refractivity contribution in [2.24, 2.45) is 0 Å². The van der Waals surface area contributed by atoms with Crippen LogP contribution < -0.4 is 9.80 Å². The van der Waals surface area contributed by atoms with Gasteiger partial charge in [0, 0.05) is 18.4 Å². The topological polar surface area (TPSA) is 107 Å². The van der Waals surface area contributed by atoms with Crippen LogP contribution in [-0.2, 0) is 4.74 Å². The van der Waals surface area contributed by atoms with Crippen molar-refractivity contribution in [3.8, 4) is 11.6 Å². The molecule has 5 heterocycles. The van der Waals surface area contributed by atoms with Crippen molar-refractivity contribution in [2.75, 3.05) is 23.0 Å². The Balaban J connectivity index is 1.51. The molecule has 0 N–H and O–H groups in total. The van der Waals surface area contributed by atoms with Gasteiger partial charge in [0.1, 0.15) is 18.1 Å². The standard InChI is InChI=1S/C21H25N9O2/c1-3-15-18-26-25-13(2)29(18)16-12-23-19(24-17(16)30(15)14-6-4-5-7-14)27-9-8-22-20(27)28-10-11-32-21(28)31/h8-9,12,14-15H,3-7,10-11H2,1-2H3. The fourth-order valence-electron chi connectivity index (χ4n) is 5.20. The first-order valence-corrected chi connectivity index (χ1v) is 11.2. The Kier molecular flexibility index (Phi) is 4.37. The molecule has 1 saturated carbocycles. The number of rotatable bonds is 4. The van der Waals surface area contributed by atoms with Gasteiger partial charge >= 0.3 is 6.09 Å². The molecule has 0 aromatic carbocycles. The highest BCUT2D eigenvalue weighted by Gasteiger charge is 2.39. The molecule has 2 fully saturated rings. The van der Waals surface area contributed by atoms with E-state index < -0.39 is 6.09 Å². The molecule has 32 heavy (non-hydrogen) atoms. The molecule has 0 bridgehead atoms. The van der Waals surface area contributed by atoms with Crippen LogP contribution in [0.5, 0.6) is 0 Å². The van der Waals surface area contributed by atoms with E-state index in [0.717, 1.165) is 42.4 Å². The molecular weight excluding hydrogens is 410 g/mol. The minimum atomic E-state index is -0.404. The number of amides is 1. The third kappa shape index (κ3) is 2.73. The summed E-state index contributed by atoms with van der Waals surface area (Å²) in [6, 6.07) is 0.508. The number of nitrogens with zero attached hydrogens (tertiary/aromatic N) is 9. The van der Waals surface area contributed by atoms with Crippen LogP contribution in [0.15, 0.2) is 18.6 Å². The van der Waals surface area contributed by atoms with Crippen molar-refractivity contribution < 1.29 is 9.53 Å². The van der Waals surface area contributed by atoms with Crippen molar-refractivity contribution in [2.45, 2.75) is 58.0 Å². The number of cyclic esters (lactones) is 1. The van der Waals surface area contributed by atoms with Gasteiger partial charge in [-0.2, -0.15) is 4.98 Å².